The zero-order valence-electron chi connectivity index (χ0n) is 16.4. The Hall–Kier alpha value is -1.55. The van der Waals surface area contributed by atoms with Crippen LogP contribution in [-0.2, 0) is 11.2 Å². The maximum Gasteiger partial charge on any atom is 0.281 e. The molecule has 0 bridgehead atoms. The monoisotopic (exact) mass is 419 g/mol. The highest BCUT2D eigenvalue weighted by molar-refractivity contribution is 6.30. The van der Waals surface area contributed by atoms with Gasteiger partial charge < -0.3 is 11.1 Å². The van der Waals surface area contributed by atoms with E-state index in [9.17, 15) is 4.79 Å². The second-order valence-electron chi connectivity index (χ2n) is 8.09. The van der Waals surface area contributed by atoms with Crippen molar-refractivity contribution in [2.24, 2.45) is 0 Å². The summed E-state index contributed by atoms with van der Waals surface area (Å²) < 4.78 is 0. The number of amides is 1. The lowest BCUT2D eigenvalue weighted by Crippen LogP contribution is -2.79. The Kier molecular flexibility index (Phi) is 7.03. The first kappa shape index (κ1) is 21.2. The van der Waals surface area contributed by atoms with Crippen molar-refractivity contribution in [3.8, 4) is 0 Å². The average Bonchev–Trinajstić information content (AvgIpc) is 2.69. The fourth-order valence-electron chi connectivity index (χ4n) is 4.08. The van der Waals surface area contributed by atoms with E-state index in [1.165, 1.54) is 12.0 Å². The van der Waals surface area contributed by atoms with Gasteiger partial charge in [0.05, 0.1) is 0 Å². The predicted molar refractivity (Wildman–Crippen MR) is 116 cm³/mol. The maximum atomic E-state index is 13.0. The second kappa shape index (κ2) is 9.30. The van der Waals surface area contributed by atoms with Crippen molar-refractivity contribution in [1.29, 1.82) is 0 Å². The van der Waals surface area contributed by atoms with E-state index < -0.39 is 5.54 Å². The van der Waals surface area contributed by atoms with Gasteiger partial charge in [-0.2, -0.15) is 0 Å². The summed E-state index contributed by atoms with van der Waals surface area (Å²) in [5.41, 5.74) is 6.13. The number of quaternary nitrogens is 1. The van der Waals surface area contributed by atoms with Crippen molar-refractivity contribution in [1.82, 2.24) is 5.32 Å². The van der Waals surface area contributed by atoms with E-state index in [-0.39, 0.29) is 17.9 Å². The largest absolute Gasteiger partial charge is 0.348 e. The summed E-state index contributed by atoms with van der Waals surface area (Å²) in [6.45, 7) is 2.08. The van der Waals surface area contributed by atoms with Crippen molar-refractivity contribution in [3.05, 3.63) is 69.7 Å². The van der Waals surface area contributed by atoms with Crippen LogP contribution in [0.2, 0.25) is 10.0 Å². The Bertz CT molecular complexity index is 783. The summed E-state index contributed by atoms with van der Waals surface area (Å²) in [5.74, 6) is 0.212. The number of benzene rings is 2. The molecule has 4 N–H and O–H groups in total. The van der Waals surface area contributed by atoms with Crippen LogP contribution in [0.15, 0.2) is 48.5 Å². The molecule has 1 aliphatic carbocycles. The molecular formula is C23H29Cl2N2O+. The molecule has 3 nitrogen and oxygen atoms in total. The zero-order chi connectivity index (χ0) is 20.1. The van der Waals surface area contributed by atoms with Gasteiger partial charge >= 0.3 is 0 Å². The van der Waals surface area contributed by atoms with Crippen molar-refractivity contribution in [3.63, 3.8) is 0 Å². The highest BCUT2D eigenvalue weighted by atomic mass is 35.5. The van der Waals surface area contributed by atoms with Gasteiger partial charge in [0.15, 0.2) is 5.54 Å². The Morgan fingerprint density at radius 2 is 1.54 bits per heavy atom. The molecule has 150 valence electrons. The molecule has 0 radical (unpaired) electrons. The van der Waals surface area contributed by atoms with Crippen LogP contribution < -0.4 is 11.1 Å². The van der Waals surface area contributed by atoms with E-state index in [4.69, 9.17) is 23.2 Å². The molecule has 2 aromatic rings. The fourth-order valence-corrected chi connectivity index (χ4v) is 4.34. The van der Waals surface area contributed by atoms with Crippen LogP contribution in [-0.4, -0.2) is 17.5 Å². The first-order valence-electron chi connectivity index (χ1n) is 10.0. The molecule has 3 rings (SSSR count). The third-order valence-electron chi connectivity index (χ3n) is 5.92. The molecule has 28 heavy (non-hydrogen) atoms. The minimum atomic E-state index is -0.489. The SMILES string of the molecule is CC(NC(=O)C1([NH3+])CCCCC1)C(Cc1ccc(Cl)cc1)c1ccc(Cl)cc1. The number of hydrogen-bond donors (Lipinski definition) is 2. The van der Waals surface area contributed by atoms with Gasteiger partial charge in [-0.25, -0.2) is 0 Å². The van der Waals surface area contributed by atoms with Crippen LogP contribution in [0.4, 0.5) is 0 Å². The molecule has 2 unspecified atom stereocenters. The molecule has 1 saturated carbocycles. The number of nitrogens with one attached hydrogen (secondary N) is 1. The van der Waals surface area contributed by atoms with Gasteiger partial charge in [-0.1, -0.05) is 53.9 Å². The molecule has 1 aliphatic rings. The number of hydrogen-bond acceptors (Lipinski definition) is 1. The van der Waals surface area contributed by atoms with E-state index in [0.29, 0.717) is 5.02 Å². The summed E-state index contributed by atoms with van der Waals surface area (Å²) >= 11 is 12.1. The summed E-state index contributed by atoms with van der Waals surface area (Å²) in [6.07, 6.45) is 5.91. The Morgan fingerprint density at radius 3 is 2.11 bits per heavy atom. The van der Waals surface area contributed by atoms with Gasteiger partial charge in [-0.15, -0.1) is 0 Å². The van der Waals surface area contributed by atoms with E-state index in [2.05, 4.69) is 18.0 Å². The third kappa shape index (κ3) is 5.28. The lowest BCUT2D eigenvalue weighted by molar-refractivity contribution is -0.464. The molecule has 2 aromatic carbocycles. The predicted octanol–water partition coefficient (Wildman–Crippen LogP) is 4.77. The summed E-state index contributed by atoms with van der Waals surface area (Å²) in [5, 5.41) is 4.71. The number of carbonyl (C=O) groups is 1. The van der Waals surface area contributed by atoms with Crippen LogP contribution in [0.1, 0.15) is 56.1 Å². The molecule has 0 aromatic heterocycles. The van der Waals surface area contributed by atoms with E-state index in [1.807, 2.05) is 48.5 Å². The molecule has 0 heterocycles. The Morgan fingerprint density at radius 1 is 1.00 bits per heavy atom. The van der Waals surface area contributed by atoms with Crippen LogP contribution in [0.25, 0.3) is 0 Å². The molecule has 2 atom stereocenters. The quantitative estimate of drug-likeness (QED) is 0.695. The third-order valence-corrected chi connectivity index (χ3v) is 6.43. The van der Waals surface area contributed by atoms with Gasteiger partial charge in [-0.3, -0.25) is 4.79 Å². The standard InChI is InChI=1S/C23H28Cl2N2O/c1-16(27-22(28)23(26)13-3-2-4-14-23)21(18-7-11-20(25)12-8-18)15-17-5-9-19(24)10-6-17/h5-12,16,21H,2-4,13-15,26H2,1H3,(H,27,28)/p+1. The minimum absolute atomic E-state index is 0.0232. The van der Waals surface area contributed by atoms with Crippen LogP contribution in [0, 0.1) is 0 Å². The Labute approximate surface area is 177 Å². The lowest BCUT2D eigenvalue weighted by atomic mass is 9.81. The topological polar surface area (TPSA) is 56.7 Å². The summed E-state index contributed by atoms with van der Waals surface area (Å²) in [7, 11) is 0. The van der Waals surface area contributed by atoms with Gasteiger partial charge in [0.2, 0.25) is 0 Å². The molecule has 0 aliphatic heterocycles. The van der Waals surface area contributed by atoms with E-state index in [0.717, 1.165) is 42.7 Å². The molecule has 1 fully saturated rings. The second-order valence-corrected chi connectivity index (χ2v) is 8.96. The summed E-state index contributed by atoms with van der Waals surface area (Å²) in [6, 6.07) is 15.8. The first-order valence-corrected chi connectivity index (χ1v) is 10.8. The van der Waals surface area contributed by atoms with Crippen molar-refractivity contribution < 1.29 is 10.5 Å². The maximum absolute atomic E-state index is 13.0. The minimum Gasteiger partial charge on any atom is -0.348 e. The zero-order valence-corrected chi connectivity index (χ0v) is 17.9. The van der Waals surface area contributed by atoms with Gasteiger partial charge in [0.1, 0.15) is 0 Å². The Balaban J connectivity index is 1.79. The van der Waals surface area contributed by atoms with E-state index >= 15 is 0 Å². The fraction of sp³-hybridized carbons (Fsp3) is 0.435. The first-order chi connectivity index (χ1) is 13.4. The van der Waals surface area contributed by atoms with Crippen molar-refractivity contribution in [2.45, 2.75) is 62.9 Å². The normalized spacial score (nSPS) is 18.3. The molecule has 5 heteroatoms. The molecule has 0 spiro atoms. The highest BCUT2D eigenvalue weighted by Crippen LogP contribution is 2.29. The van der Waals surface area contributed by atoms with E-state index in [1.54, 1.807) is 0 Å². The van der Waals surface area contributed by atoms with Crippen LogP contribution in [0.3, 0.4) is 0 Å². The van der Waals surface area contributed by atoms with Crippen LogP contribution in [0.5, 0.6) is 0 Å². The number of halogens is 2. The average molecular weight is 420 g/mol. The number of rotatable bonds is 6. The van der Waals surface area contributed by atoms with Gasteiger partial charge in [0.25, 0.3) is 5.91 Å². The van der Waals surface area contributed by atoms with Crippen molar-refractivity contribution >= 4 is 29.1 Å². The number of carbonyl (C=O) groups excluding carboxylic acids is 1. The molecular weight excluding hydrogens is 391 g/mol. The van der Waals surface area contributed by atoms with Crippen LogP contribution >= 0.6 is 23.2 Å². The molecule has 0 saturated heterocycles. The summed E-state index contributed by atoms with van der Waals surface area (Å²) in [4.78, 5) is 13.0. The highest BCUT2D eigenvalue weighted by Gasteiger charge is 2.40. The smallest absolute Gasteiger partial charge is 0.281 e. The van der Waals surface area contributed by atoms with Gasteiger partial charge in [0, 0.05) is 34.8 Å². The van der Waals surface area contributed by atoms with Crippen molar-refractivity contribution in [2.75, 3.05) is 0 Å². The van der Waals surface area contributed by atoms with Gasteiger partial charge in [-0.05, 0) is 61.6 Å². The lowest BCUT2D eigenvalue weighted by Gasteiger charge is -2.32. The molecule has 1 amide bonds.